The van der Waals surface area contributed by atoms with E-state index in [2.05, 4.69) is 34.6 Å². The van der Waals surface area contributed by atoms with Gasteiger partial charge >= 0.3 is 7.12 Å². The molecule has 4 aliphatic carbocycles. The molecular formula is C25H39BO4. The second kappa shape index (κ2) is 6.68. The van der Waals surface area contributed by atoms with E-state index in [1.807, 2.05) is 6.08 Å². The summed E-state index contributed by atoms with van der Waals surface area (Å²) in [6.07, 6.45) is 9.78. The van der Waals surface area contributed by atoms with Gasteiger partial charge in [0.1, 0.15) is 6.10 Å². The van der Waals surface area contributed by atoms with E-state index in [4.69, 9.17) is 9.31 Å². The number of carbonyl (C=O) groups is 1. The molecular weight excluding hydrogens is 375 g/mol. The predicted octanol–water partition coefficient (Wildman–Crippen LogP) is 4.95. The number of aliphatic hydroxyl groups excluding tert-OH is 1. The first kappa shape index (κ1) is 21.2. The molecule has 1 heterocycles. The maximum atomic E-state index is 12.1. The molecule has 5 aliphatic rings. The van der Waals surface area contributed by atoms with E-state index in [1.165, 1.54) is 18.4 Å². The summed E-state index contributed by atoms with van der Waals surface area (Å²) in [6.45, 7) is 11.7. The second-order valence-corrected chi connectivity index (χ2v) is 12.5. The summed E-state index contributed by atoms with van der Waals surface area (Å²) >= 11 is 0. The van der Waals surface area contributed by atoms with Gasteiger partial charge < -0.3 is 14.4 Å². The van der Waals surface area contributed by atoms with Gasteiger partial charge in [0, 0.05) is 11.8 Å². The van der Waals surface area contributed by atoms with Crippen molar-refractivity contribution < 1.29 is 19.2 Å². The molecule has 0 aromatic carbocycles. The molecule has 0 aromatic heterocycles. The summed E-state index contributed by atoms with van der Waals surface area (Å²) in [7, 11) is -0.267. The third-order valence-electron chi connectivity index (χ3n) is 10.1. The molecule has 0 bridgehead atoms. The zero-order valence-corrected chi connectivity index (χ0v) is 19.5. The van der Waals surface area contributed by atoms with E-state index >= 15 is 0 Å². The van der Waals surface area contributed by atoms with E-state index < -0.39 is 11.7 Å². The Morgan fingerprint density at radius 2 is 1.80 bits per heavy atom. The van der Waals surface area contributed by atoms with Crippen molar-refractivity contribution in [2.45, 2.75) is 103 Å². The van der Waals surface area contributed by atoms with Gasteiger partial charge in [0.25, 0.3) is 0 Å². The molecule has 0 unspecified atom stereocenters. The fraction of sp³-hybridized carbons (Fsp3) is 0.880. The van der Waals surface area contributed by atoms with Crippen LogP contribution in [-0.2, 0) is 14.1 Å². The van der Waals surface area contributed by atoms with Crippen molar-refractivity contribution in [1.82, 2.24) is 0 Å². The highest BCUT2D eigenvalue weighted by molar-refractivity contribution is 6.48. The quantitative estimate of drug-likeness (QED) is 0.570. The van der Waals surface area contributed by atoms with Crippen LogP contribution in [0.3, 0.4) is 0 Å². The van der Waals surface area contributed by atoms with E-state index in [9.17, 15) is 9.90 Å². The highest BCUT2D eigenvalue weighted by Crippen LogP contribution is 2.69. The maximum Gasteiger partial charge on any atom is 0.463 e. The highest BCUT2D eigenvalue weighted by Gasteiger charge is 2.69. The maximum absolute atomic E-state index is 12.1. The van der Waals surface area contributed by atoms with Crippen LogP contribution in [0.2, 0.25) is 5.31 Å². The Labute approximate surface area is 182 Å². The largest absolute Gasteiger partial charge is 0.463 e. The van der Waals surface area contributed by atoms with Crippen LogP contribution in [0.4, 0.5) is 0 Å². The van der Waals surface area contributed by atoms with Crippen molar-refractivity contribution in [3.05, 3.63) is 11.6 Å². The first-order chi connectivity index (χ1) is 14.0. The van der Waals surface area contributed by atoms with Crippen LogP contribution in [0.5, 0.6) is 0 Å². The molecule has 3 saturated carbocycles. The predicted molar refractivity (Wildman–Crippen MR) is 118 cm³/mol. The lowest BCUT2D eigenvalue weighted by atomic mass is 9.45. The molecule has 30 heavy (non-hydrogen) atoms. The minimum Gasteiger partial charge on any atom is -0.408 e. The molecule has 0 radical (unpaired) electrons. The molecule has 0 amide bonds. The van der Waals surface area contributed by atoms with Gasteiger partial charge in [-0.15, -0.1) is 0 Å². The molecule has 166 valence electrons. The molecule has 4 nitrogen and oxygen atoms in total. The number of fused-ring (bicyclic) bond motifs is 6. The smallest absolute Gasteiger partial charge is 0.408 e. The minimum absolute atomic E-state index is 0.0110. The van der Waals surface area contributed by atoms with Crippen LogP contribution in [0.15, 0.2) is 11.6 Å². The summed E-state index contributed by atoms with van der Waals surface area (Å²) in [5.41, 5.74) is 1.12. The van der Waals surface area contributed by atoms with E-state index in [0.29, 0.717) is 36.6 Å². The topological polar surface area (TPSA) is 55.8 Å². The Kier molecular flexibility index (Phi) is 4.72. The van der Waals surface area contributed by atoms with Gasteiger partial charge in [0.05, 0.1) is 12.2 Å². The third-order valence-corrected chi connectivity index (χ3v) is 10.1. The molecule has 0 aromatic rings. The number of rotatable bonds is 0. The summed E-state index contributed by atoms with van der Waals surface area (Å²) in [4.78, 5) is 12.1. The molecule has 5 heteroatoms. The standard InChI is InChI=1S/C25H39BO4/c1-22(2,3)26-29-15-21(28)25(30-26)13-10-20-18-7-6-16-14-17(27)8-11-23(16,4)19(18)9-12-24(20,25)5/h14,18-21,28H,6-13,15H2,1-5H3/t18-,19+,20+,21+,23+,24+,25+/m1/s1. The Morgan fingerprint density at radius 1 is 1.07 bits per heavy atom. The number of carbonyl (C=O) groups excluding carboxylic acids is 1. The number of aliphatic hydroxyl groups is 1. The molecule has 7 atom stereocenters. The molecule has 1 aliphatic heterocycles. The Balaban J connectivity index is 1.47. The Hall–Kier alpha value is -0.645. The van der Waals surface area contributed by atoms with Crippen LogP contribution in [0, 0.1) is 28.6 Å². The van der Waals surface area contributed by atoms with Gasteiger partial charge in [-0.1, -0.05) is 40.2 Å². The molecule has 5 rings (SSSR count). The summed E-state index contributed by atoms with van der Waals surface area (Å²) in [5.74, 6) is 2.24. The Morgan fingerprint density at radius 3 is 2.53 bits per heavy atom. The second-order valence-electron chi connectivity index (χ2n) is 12.5. The van der Waals surface area contributed by atoms with Gasteiger partial charge in [-0.3, -0.25) is 4.79 Å². The normalized spacial score (nSPS) is 48.8. The van der Waals surface area contributed by atoms with Crippen molar-refractivity contribution in [1.29, 1.82) is 0 Å². The van der Waals surface area contributed by atoms with Crippen molar-refractivity contribution in [3.8, 4) is 0 Å². The van der Waals surface area contributed by atoms with Crippen LogP contribution in [0.25, 0.3) is 0 Å². The molecule has 1 saturated heterocycles. The first-order valence-electron chi connectivity index (χ1n) is 12.2. The third kappa shape index (κ3) is 2.73. The Bertz CT molecular complexity index is 772. The fourth-order valence-electron chi connectivity index (χ4n) is 8.38. The van der Waals surface area contributed by atoms with E-state index in [1.54, 1.807) is 0 Å². The van der Waals surface area contributed by atoms with Gasteiger partial charge in [0.2, 0.25) is 0 Å². The number of allylic oxidation sites excluding steroid dienone is 1. The molecule has 1 spiro atoms. The lowest BCUT2D eigenvalue weighted by Gasteiger charge is -2.61. The highest BCUT2D eigenvalue weighted by atomic mass is 16.6. The summed E-state index contributed by atoms with van der Waals surface area (Å²) in [5, 5.41) is 11.1. The van der Waals surface area contributed by atoms with Crippen molar-refractivity contribution in [2.75, 3.05) is 6.61 Å². The summed E-state index contributed by atoms with van der Waals surface area (Å²) < 4.78 is 12.7. The van der Waals surface area contributed by atoms with Crippen LogP contribution in [-0.4, -0.2) is 36.3 Å². The van der Waals surface area contributed by atoms with Crippen LogP contribution >= 0.6 is 0 Å². The number of ketones is 1. The van der Waals surface area contributed by atoms with Gasteiger partial charge in [-0.2, -0.15) is 0 Å². The minimum atomic E-state index is -0.551. The van der Waals surface area contributed by atoms with Crippen molar-refractivity contribution in [3.63, 3.8) is 0 Å². The molecule has 1 N–H and O–H groups in total. The lowest BCUT2D eigenvalue weighted by Crippen LogP contribution is -2.66. The van der Waals surface area contributed by atoms with E-state index in [0.717, 1.165) is 32.1 Å². The van der Waals surface area contributed by atoms with Crippen molar-refractivity contribution >= 4 is 12.9 Å². The SMILES string of the molecule is CC(C)(C)B1OC[C@H](O)[C@]2(CC[C@H]3[C@@H]4CCC5=CC(=O)CC[C@]5(C)[C@H]4CC[C@@]32C)O1. The summed E-state index contributed by atoms with van der Waals surface area (Å²) in [6, 6.07) is 0. The van der Waals surface area contributed by atoms with Crippen LogP contribution < -0.4 is 0 Å². The zero-order chi connectivity index (χ0) is 21.5. The van der Waals surface area contributed by atoms with Gasteiger partial charge in [-0.05, 0) is 79.5 Å². The lowest BCUT2D eigenvalue weighted by molar-refractivity contribution is -0.199. The average Bonchev–Trinajstić information content (AvgIpc) is 2.97. The van der Waals surface area contributed by atoms with Crippen molar-refractivity contribution in [2.24, 2.45) is 28.6 Å². The van der Waals surface area contributed by atoms with Gasteiger partial charge in [-0.25, -0.2) is 0 Å². The van der Waals surface area contributed by atoms with Gasteiger partial charge in [0.15, 0.2) is 5.78 Å². The molecule has 4 fully saturated rings. The number of hydrogen-bond donors (Lipinski definition) is 1. The van der Waals surface area contributed by atoms with E-state index in [-0.39, 0.29) is 23.3 Å². The number of hydrogen-bond acceptors (Lipinski definition) is 4. The monoisotopic (exact) mass is 414 g/mol. The zero-order valence-electron chi connectivity index (χ0n) is 19.5. The average molecular weight is 414 g/mol. The van der Waals surface area contributed by atoms with Crippen LogP contribution in [0.1, 0.15) is 86.0 Å². The first-order valence-corrected chi connectivity index (χ1v) is 12.2. The fourth-order valence-corrected chi connectivity index (χ4v) is 8.38.